The Morgan fingerprint density at radius 2 is 2.10 bits per heavy atom. The number of ketones is 1. The van der Waals surface area contributed by atoms with E-state index in [9.17, 15) is 4.79 Å². The van der Waals surface area contributed by atoms with Gasteiger partial charge in [0.05, 0.1) is 23.7 Å². The minimum Gasteiger partial charge on any atom is -0.461 e. The number of Topliss-reactive ketones (excluding diaryl/α,β-unsaturated/α-hetero) is 1. The third-order valence-electron chi connectivity index (χ3n) is 3.61. The second kappa shape index (κ2) is 5.56. The van der Waals surface area contributed by atoms with Crippen molar-refractivity contribution < 1.29 is 9.21 Å². The van der Waals surface area contributed by atoms with E-state index >= 15 is 0 Å². The molecule has 2 heterocycles. The summed E-state index contributed by atoms with van der Waals surface area (Å²) in [4.78, 5) is 17.0. The Morgan fingerprint density at radius 3 is 2.81 bits per heavy atom. The molecule has 21 heavy (non-hydrogen) atoms. The summed E-state index contributed by atoms with van der Waals surface area (Å²) in [5, 5.41) is 0. The van der Waals surface area contributed by atoms with Gasteiger partial charge in [0.15, 0.2) is 5.76 Å². The van der Waals surface area contributed by atoms with Gasteiger partial charge in [0.25, 0.3) is 0 Å². The monoisotopic (exact) mass is 282 g/mol. The second-order valence-electron chi connectivity index (χ2n) is 5.20. The molecule has 0 spiro atoms. The molecule has 0 radical (unpaired) electrons. The van der Waals surface area contributed by atoms with Crippen LogP contribution in [0.1, 0.15) is 35.3 Å². The standard InChI is InChI=1S/C17H18N2O2/c1-3-9-19-14-7-5-4-6-13(14)18-16(19)11-15(20)17-12(2)8-10-21-17/h4-8,10H,3,9,11H2,1-2H3. The Bertz CT molecular complexity index is 783. The van der Waals surface area contributed by atoms with Gasteiger partial charge in [-0.3, -0.25) is 4.79 Å². The lowest BCUT2D eigenvalue weighted by atomic mass is 10.1. The molecule has 4 heteroatoms. The molecule has 0 amide bonds. The van der Waals surface area contributed by atoms with Crippen LogP contribution in [0.5, 0.6) is 0 Å². The number of benzene rings is 1. The lowest BCUT2D eigenvalue weighted by Crippen LogP contribution is -2.10. The number of hydrogen-bond donors (Lipinski definition) is 0. The van der Waals surface area contributed by atoms with Crippen LogP contribution in [0.15, 0.2) is 41.0 Å². The number of aryl methyl sites for hydroxylation is 2. The quantitative estimate of drug-likeness (QED) is 0.669. The molecule has 0 bridgehead atoms. The predicted octanol–water partition coefficient (Wildman–Crippen LogP) is 3.77. The van der Waals surface area contributed by atoms with Gasteiger partial charge in [0, 0.05) is 6.54 Å². The zero-order chi connectivity index (χ0) is 14.8. The van der Waals surface area contributed by atoms with E-state index in [1.807, 2.05) is 37.3 Å². The van der Waals surface area contributed by atoms with Crippen LogP contribution in [0.3, 0.4) is 0 Å². The lowest BCUT2D eigenvalue weighted by molar-refractivity contribution is 0.0962. The van der Waals surface area contributed by atoms with Crippen molar-refractivity contribution in [1.29, 1.82) is 0 Å². The maximum absolute atomic E-state index is 12.4. The second-order valence-corrected chi connectivity index (χ2v) is 5.20. The first-order valence-electron chi connectivity index (χ1n) is 7.22. The fourth-order valence-corrected chi connectivity index (χ4v) is 2.62. The van der Waals surface area contributed by atoms with Crippen molar-refractivity contribution >= 4 is 16.8 Å². The van der Waals surface area contributed by atoms with Crippen molar-refractivity contribution in [1.82, 2.24) is 9.55 Å². The van der Waals surface area contributed by atoms with Crippen molar-refractivity contribution in [2.45, 2.75) is 33.2 Å². The molecule has 3 rings (SSSR count). The van der Waals surface area contributed by atoms with Crippen LogP contribution in [-0.4, -0.2) is 15.3 Å². The molecular weight excluding hydrogens is 264 g/mol. The Labute approximate surface area is 123 Å². The zero-order valence-corrected chi connectivity index (χ0v) is 12.3. The summed E-state index contributed by atoms with van der Waals surface area (Å²) in [6, 6.07) is 9.80. The van der Waals surface area contributed by atoms with Gasteiger partial charge in [0.2, 0.25) is 5.78 Å². The zero-order valence-electron chi connectivity index (χ0n) is 12.3. The first-order valence-corrected chi connectivity index (χ1v) is 7.22. The smallest absolute Gasteiger partial charge is 0.205 e. The Kier molecular flexibility index (Phi) is 3.60. The lowest BCUT2D eigenvalue weighted by Gasteiger charge is -2.06. The van der Waals surface area contributed by atoms with E-state index in [0.29, 0.717) is 5.76 Å². The largest absolute Gasteiger partial charge is 0.461 e. The number of imidazole rings is 1. The van der Waals surface area contributed by atoms with Gasteiger partial charge in [-0.25, -0.2) is 4.98 Å². The van der Waals surface area contributed by atoms with E-state index in [2.05, 4.69) is 16.5 Å². The summed E-state index contributed by atoms with van der Waals surface area (Å²) in [5.74, 6) is 1.22. The number of para-hydroxylation sites is 2. The van der Waals surface area contributed by atoms with Crippen LogP contribution < -0.4 is 0 Å². The van der Waals surface area contributed by atoms with Crippen molar-refractivity contribution in [3.8, 4) is 0 Å². The van der Waals surface area contributed by atoms with Crippen molar-refractivity contribution in [3.63, 3.8) is 0 Å². The van der Waals surface area contributed by atoms with Crippen molar-refractivity contribution in [3.05, 3.63) is 53.7 Å². The van der Waals surface area contributed by atoms with E-state index < -0.39 is 0 Å². The van der Waals surface area contributed by atoms with Crippen molar-refractivity contribution in [2.75, 3.05) is 0 Å². The van der Waals surface area contributed by atoms with Gasteiger partial charge in [-0.2, -0.15) is 0 Å². The van der Waals surface area contributed by atoms with E-state index in [4.69, 9.17) is 4.42 Å². The minimum atomic E-state index is -0.0230. The van der Waals surface area contributed by atoms with Crippen LogP contribution in [0.2, 0.25) is 0 Å². The number of fused-ring (bicyclic) bond motifs is 1. The summed E-state index contributed by atoms with van der Waals surface area (Å²) in [6.07, 6.45) is 2.82. The number of carbonyl (C=O) groups excluding carboxylic acids is 1. The number of furan rings is 1. The molecule has 0 N–H and O–H groups in total. The highest BCUT2D eigenvalue weighted by Crippen LogP contribution is 2.19. The summed E-state index contributed by atoms with van der Waals surface area (Å²) in [6.45, 7) is 4.86. The topological polar surface area (TPSA) is 48.0 Å². The normalized spacial score (nSPS) is 11.1. The van der Waals surface area contributed by atoms with Gasteiger partial charge in [-0.15, -0.1) is 0 Å². The van der Waals surface area contributed by atoms with Crippen molar-refractivity contribution in [2.24, 2.45) is 0 Å². The Morgan fingerprint density at radius 1 is 1.29 bits per heavy atom. The molecule has 3 aromatic rings. The summed E-state index contributed by atoms with van der Waals surface area (Å²) < 4.78 is 7.42. The fraction of sp³-hybridized carbons (Fsp3) is 0.294. The number of hydrogen-bond acceptors (Lipinski definition) is 3. The average molecular weight is 282 g/mol. The Balaban J connectivity index is 1.98. The van der Waals surface area contributed by atoms with Gasteiger partial charge in [-0.05, 0) is 37.1 Å². The maximum atomic E-state index is 12.4. The molecule has 2 aromatic heterocycles. The molecule has 0 atom stereocenters. The fourth-order valence-electron chi connectivity index (χ4n) is 2.62. The number of rotatable bonds is 5. The molecule has 0 aliphatic rings. The summed E-state index contributed by atoms with van der Waals surface area (Å²) in [5.41, 5.74) is 2.89. The molecule has 0 unspecified atom stereocenters. The molecule has 0 fully saturated rings. The highest BCUT2D eigenvalue weighted by molar-refractivity contribution is 5.96. The highest BCUT2D eigenvalue weighted by Gasteiger charge is 2.18. The minimum absolute atomic E-state index is 0.0230. The van der Waals surface area contributed by atoms with E-state index in [1.54, 1.807) is 6.26 Å². The SMILES string of the molecule is CCCn1c(CC(=O)c2occc2C)nc2ccccc21. The van der Waals surface area contributed by atoms with Gasteiger partial charge >= 0.3 is 0 Å². The van der Waals surface area contributed by atoms with Crippen LogP contribution in [0, 0.1) is 6.92 Å². The molecule has 108 valence electrons. The molecule has 0 saturated carbocycles. The molecule has 0 aliphatic carbocycles. The molecule has 4 nitrogen and oxygen atoms in total. The number of nitrogens with zero attached hydrogens (tertiary/aromatic N) is 2. The summed E-state index contributed by atoms with van der Waals surface area (Å²) >= 11 is 0. The number of aromatic nitrogens is 2. The first kappa shape index (κ1) is 13.6. The predicted molar refractivity (Wildman–Crippen MR) is 81.5 cm³/mol. The molecule has 0 saturated heterocycles. The van der Waals surface area contributed by atoms with Crippen LogP contribution in [0.25, 0.3) is 11.0 Å². The van der Waals surface area contributed by atoms with E-state index in [1.165, 1.54) is 0 Å². The summed E-state index contributed by atoms with van der Waals surface area (Å²) in [7, 11) is 0. The van der Waals surface area contributed by atoms with Gasteiger partial charge in [0.1, 0.15) is 5.82 Å². The van der Waals surface area contributed by atoms with Gasteiger partial charge in [-0.1, -0.05) is 19.1 Å². The van der Waals surface area contributed by atoms with E-state index in [-0.39, 0.29) is 12.2 Å². The van der Waals surface area contributed by atoms with Crippen LogP contribution in [0.4, 0.5) is 0 Å². The number of carbonyl (C=O) groups is 1. The molecule has 1 aromatic carbocycles. The van der Waals surface area contributed by atoms with Gasteiger partial charge < -0.3 is 8.98 Å². The van der Waals surface area contributed by atoms with Crippen LogP contribution >= 0.6 is 0 Å². The molecular formula is C17H18N2O2. The first-order chi connectivity index (χ1) is 10.2. The Hall–Kier alpha value is -2.36. The maximum Gasteiger partial charge on any atom is 0.205 e. The molecule has 0 aliphatic heterocycles. The third-order valence-corrected chi connectivity index (χ3v) is 3.61. The average Bonchev–Trinajstić information content (AvgIpc) is 3.04. The highest BCUT2D eigenvalue weighted by atomic mass is 16.3. The van der Waals surface area contributed by atoms with Crippen LogP contribution in [-0.2, 0) is 13.0 Å². The third kappa shape index (κ3) is 2.49. The van der Waals surface area contributed by atoms with E-state index in [0.717, 1.165) is 35.4 Å².